The molecule has 0 fully saturated rings. The molecule has 2 aromatic rings. The zero-order valence-electron chi connectivity index (χ0n) is 13.3. The van der Waals surface area contributed by atoms with Crippen molar-refractivity contribution in [1.82, 2.24) is 10.9 Å². The molecule has 0 aliphatic heterocycles. The summed E-state index contributed by atoms with van der Waals surface area (Å²) >= 11 is 5.93. The second kappa shape index (κ2) is 9.34. The second-order valence-electron chi connectivity index (χ2n) is 4.82. The van der Waals surface area contributed by atoms with Gasteiger partial charge >= 0.3 is 0 Å². The van der Waals surface area contributed by atoms with E-state index in [1.54, 1.807) is 54.6 Å². The summed E-state index contributed by atoms with van der Waals surface area (Å²) in [6.07, 6.45) is 1.57. The lowest BCUT2D eigenvalue weighted by Crippen LogP contribution is -2.43. The van der Waals surface area contributed by atoms with Crippen LogP contribution in [0.3, 0.4) is 0 Å². The average Bonchev–Trinajstić information content (AvgIpc) is 2.64. The predicted molar refractivity (Wildman–Crippen MR) is 94.7 cm³/mol. The number of benzene rings is 2. The van der Waals surface area contributed by atoms with Crippen molar-refractivity contribution in [1.29, 1.82) is 0 Å². The second-order valence-corrected chi connectivity index (χ2v) is 5.22. The van der Waals surface area contributed by atoms with Crippen molar-refractivity contribution in [3.8, 4) is 11.5 Å². The highest BCUT2D eigenvalue weighted by Crippen LogP contribution is 2.22. The number of hydrogen-bond acceptors (Lipinski definition) is 4. The van der Waals surface area contributed by atoms with Gasteiger partial charge in [-0.3, -0.25) is 20.4 Å². The molecule has 2 amide bonds. The molecule has 2 aromatic carbocycles. The quantitative estimate of drug-likeness (QED) is 0.588. The van der Waals surface area contributed by atoms with Crippen LogP contribution in [0, 0.1) is 0 Å². The Labute approximate surface area is 150 Å². The molecular weight excluding hydrogens is 344 g/mol. The highest BCUT2D eigenvalue weighted by Gasteiger charge is 2.13. The van der Waals surface area contributed by atoms with E-state index in [4.69, 9.17) is 21.1 Å². The number of rotatable bonds is 7. The highest BCUT2D eigenvalue weighted by molar-refractivity contribution is 6.32. The lowest BCUT2D eigenvalue weighted by molar-refractivity contribution is -0.123. The van der Waals surface area contributed by atoms with Crippen LogP contribution in [0.5, 0.6) is 11.5 Å². The van der Waals surface area contributed by atoms with Gasteiger partial charge < -0.3 is 9.47 Å². The van der Waals surface area contributed by atoms with E-state index in [0.29, 0.717) is 16.5 Å². The minimum Gasteiger partial charge on any atom is -0.489 e. The molecule has 6 nitrogen and oxygen atoms in total. The van der Waals surface area contributed by atoms with Crippen LogP contribution in [-0.2, 0) is 4.79 Å². The van der Waals surface area contributed by atoms with Crippen molar-refractivity contribution < 1.29 is 19.1 Å². The number of carbonyl (C=O) groups excluding carboxylic acids is 2. The van der Waals surface area contributed by atoms with Crippen molar-refractivity contribution in [2.45, 2.75) is 0 Å². The molecule has 0 bridgehead atoms. The van der Waals surface area contributed by atoms with Gasteiger partial charge in [0.2, 0.25) is 0 Å². The van der Waals surface area contributed by atoms with E-state index in [-0.39, 0.29) is 18.8 Å². The zero-order chi connectivity index (χ0) is 18.1. The maximum atomic E-state index is 12.2. The van der Waals surface area contributed by atoms with Gasteiger partial charge in [0, 0.05) is 0 Å². The molecule has 0 aromatic heterocycles. The summed E-state index contributed by atoms with van der Waals surface area (Å²) < 4.78 is 10.7. The Morgan fingerprint density at radius 2 is 1.68 bits per heavy atom. The van der Waals surface area contributed by atoms with E-state index in [2.05, 4.69) is 17.4 Å². The Morgan fingerprint density at radius 1 is 1.00 bits per heavy atom. The Bertz CT molecular complexity index is 764. The van der Waals surface area contributed by atoms with Gasteiger partial charge in [0.05, 0.1) is 10.6 Å². The molecular formula is C18H17ClN2O4. The van der Waals surface area contributed by atoms with E-state index in [9.17, 15) is 9.59 Å². The first-order valence-electron chi connectivity index (χ1n) is 7.41. The molecule has 0 aliphatic rings. The minimum absolute atomic E-state index is 0.266. The molecule has 0 atom stereocenters. The number of halogens is 1. The van der Waals surface area contributed by atoms with Crippen LogP contribution >= 0.6 is 11.6 Å². The molecule has 0 saturated heterocycles. The maximum absolute atomic E-state index is 12.2. The summed E-state index contributed by atoms with van der Waals surface area (Å²) in [5.41, 5.74) is 4.87. The Morgan fingerprint density at radius 3 is 2.40 bits per heavy atom. The third-order valence-electron chi connectivity index (χ3n) is 3.00. The first-order valence-corrected chi connectivity index (χ1v) is 7.79. The smallest absolute Gasteiger partial charge is 0.276 e. The molecule has 2 N–H and O–H groups in total. The van der Waals surface area contributed by atoms with E-state index in [1.807, 2.05) is 0 Å². The summed E-state index contributed by atoms with van der Waals surface area (Å²) in [5.74, 6) is -0.265. The van der Waals surface area contributed by atoms with Crippen LogP contribution < -0.4 is 20.3 Å². The summed E-state index contributed by atoms with van der Waals surface area (Å²) in [6, 6.07) is 13.4. The number of ether oxygens (including phenoxy) is 2. The van der Waals surface area contributed by atoms with E-state index < -0.39 is 11.8 Å². The topological polar surface area (TPSA) is 76.7 Å². The number of carbonyl (C=O) groups is 2. The number of amides is 2. The van der Waals surface area contributed by atoms with Gasteiger partial charge in [0.1, 0.15) is 18.1 Å². The summed E-state index contributed by atoms with van der Waals surface area (Å²) in [6.45, 7) is 3.53. The van der Waals surface area contributed by atoms with Crippen molar-refractivity contribution in [2.24, 2.45) is 0 Å². The van der Waals surface area contributed by atoms with Crippen molar-refractivity contribution in [3.63, 3.8) is 0 Å². The molecule has 25 heavy (non-hydrogen) atoms. The van der Waals surface area contributed by atoms with Crippen molar-refractivity contribution in [2.75, 3.05) is 13.2 Å². The number of hydrogen-bond donors (Lipinski definition) is 2. The first kappa shape index (κ1) is 18.4. The fourth-order valence-electron chi connectivity index (χ4n) is 1.86. The van der Waals surface area contributed by atoms with Gasteiger partial charge in [-0.15, -0.1) is 0 Å². The largest absolute Gasteiger partial charge is 0.489 e. The summed E-state index contributed by atoms with van der Waals surface area (Å²) in [5, 5.41) is 0.396. The van der Waals surface area contributed by atoms with Crippen LogP contribution in [0.4, 0.5) is 0 Å². The van der Waals surface area contributed by atoms with Crippen LogP contribution in [-0.4, -0.2) is 25.0 Å². The van der Waals surface area contributed by atoms with Gasteiger partial charge in [-0.25, -0.2) is 0 Å². The van der Waals surface area contributed by atoms with Crippen molar-refractivity contribution >= 4 is 23.4 Å². The molecule has 0 radical (unpaired) electrons. The Balaban J connectivity index is 1.86. The van der Waals surface area contributed by atoms with Gasteiger partial charge in [0.15, 0.2) is 6.61 Å². The molecule has 2 rings (SSSR count). The molecule has 0 aliphatic carbocycles. The van der Waals surface area contributed by atoms with Gasteiger partial charge in [-0.1, -0.05) is 48.5 Å². The fourth-order valence-corrected chi connectivity index (χ4v) is 2.05. The van der Waals surface area contributed by atoms with Crippen molar-refractivity contribution in [3.05, 3.63) is 71.8 Å². The number of hydrazine groups is 1. The van der Waals surface area contributed by atoms with Crippen LogP contribution in [0.25, 0.3) is 0 Å². The van der Waals surface area contributed by atoms with Gasteiger partial charge in [0.25, 0.3) is 11.8 Å². The van der Waals surface area contributed by atoms with E-state index >= 15 is 0 Å². The standard InChI is InChI=1S/C18H17ClN2O4/c1-2-11-24-15-9-5-3-7-13(15)18(23)21-20-17(22)12-25-16-10-6-4-8-14(16)19/h2-10H,1,11-12H2,(H,20,22)(H,21,23). The third kappa shape index (κ3) is 5.54. The average molecular weight is 361 g/mol. The lowest BCUT2D eigenvalue weighted by Gasteiger charge is -2.12. The number of nitrogens with one attached hydrogen (secondary N) is 2. The van der Waals surface area contributed by atoms with Crippen LogP contribution in [0.15, 0.2) is 61.2 Å². The fraction of sp³-hybridized carbons (Fsp3) is 0.111. The third-order valence-corrected chi connectivity index (χ3v) is 3.31. The zero-order valence-corrected chi connectivity index (χ0v) is 14.1. The van der Waals surface area contributed by atoms with E-state index in [0.717, 1.165) is 0 Å². The molecule has 0 heterocycles. The molecule has 0 unspecified atom stereocenters. The maximum Gasteiger partial charge on any atom is 0.276 e. The SMILES string of the molecule is C=CCOc1ccccc1C(=O)NNC(=O)COc1ccccc1Cl. The van der Waals surface area contributed by atoms with E-state index in [1.165, 1.54) is 0 Å². The summed E-state index contributed by atoms with van der Waals surface area (Å²) in [7, 11) is 0. The lowest BCUT2D eigenvalue weighted by atomic mass is 10.2. The van der Waals surface area contributed by atoms with Crippen LogP contribution in [0.2, 0.25) is 5.02 Å². The van der Waals surface area contributed by atoms with Crippen LogP contribution in [0.1, 0.15) is 10.4 Å². The predicted octanol–water partition coefficient (Wildman–Crippen LogP) is 2.74. The first-order chi connectivity index (χ1) is 12.1. The normalized spacial score (nSPS) is 9.80. The highest BCUT2D eigenvalue weighted by atomic mass is 35.5. The number of para-hydroxylation sites is 2. The van der Waals surface area contributed by atoms with Gasteiger partial charge in [-0.05, 0) is 24.3 Å². The minimum atomic E-state index is -0.530. The Hall–Kier alpha value is -2.99. The molecule has 0 saturated carbocycles. The monoisotopic (exact) mass is 360 g/mol. The Kier molecular flexibility index (Phi) is 6.86. The molecule has 130 valence electrons. The molecule has 0 spiro atoms. The van der Waals surface area contributed by atoms with Gasteiger partial charge in [-0.2, -0.15) is 0 Å². The summed E-state index contributed by atoms with van der Waals surface area (Å²) in [4.78, 5) is 23.9. The molecule has 7 heteroatoms.